The molecule has 0 aliphatic heterocycles. The fourth-order valence-electron chi connectivity index (χ4n) is 0.559. The predicted molar refractivity (Wildman–Crippen MR) is 45.3 cm³/mol. The van der Waals surface area contributed by atoms with Crippen LogP contribution in [0.25, 0.3) is 0 Å². The van der Waals surface area contributed by atoms with Crippen LogP contribution < -0.4 is 4.57 Å². The van der Waals surface area contributed by atoms with Gasteiger partial charge in [-0.05, 0) is 40.3 Å². The molecule has 1 heterocycles. The number of hydrogen-bond donors (Lipinski definition) is 0. The Bertz CT molecular complexity index is 204. The van der Waals surface area contributed by atoms with E-state index in [1.54, 1.807) is 0 Å². The third kappa shape index (κ3) is 1.55. The van der Waals surface area contributed by atoms with Gasteiger partial charge in [-0.1, -0.05) is 0 Å². The number of aryl methyl sites for hydroxylation is 1. The van der Waals surface area contributed by atoms with Gasteiger partial charge in [0, 0.05) is 6.07 Å². The van der Waals surface area contributed by atoms with E-state index in [-0.39, 0.29) is 0 Å². The van der Waals surface area contributed by atoms with Crippen LogP contribution in [-0.4, -0.2) is 0 Å². The zero-order valence-electron chi connectivity index (χ0n) is 4.94. The summed E-state index contributed by atoms with van der Waals surface area (Å²) in [4.78, 5) is 0. The molecule has 0 amide bonds. The summed E-state index contributed by atoms with van der Waals surface area (Å²) in [7, 11) is 1.92. The number of halogens is 2. The largest absolute Gasteiger partial charge is 0.288 e. The summed E-state index contributed by atoms with van der Waals surface area (Å²) in [6.45, 7) is 0. The van der Waals surface area contributed by atoms with Crippen molar-refractivity contribution in [1.82, 2.24) is 0 Å². The van der Waals surface area contributed by atoms with Crippen LogP contribution in [0.4, 0.5) is 0 Å². The number of rotatable bonds is 0. The van der Waals surface area contributed by atoms with E-state index in [0.29, 0.717) is 0 Å². The first-order valence-electron chi connectivity index (χ1n) is 2.51. The quantitative estimate of drug-likeness (QED) is 0.377. The van der Waals surface area contributed by atoms with Gasteiger partial charge in [-0.25, -0.2) is 0 Å². The Balaban J connectivity index is 3.25. The molecule has 9 heavy (non-hydrogen) atoms. The normalized spacial score (nSPS) is 9.67. The molecule has 3 heteroatoms. The van der Waals surface area contributed by atoms with E-state index in [9.17, 15) is 0 Å². The lowest BCUT2D eigenvalue weighted by atomic mass is 10.5. The number of hydrogen-bond acceptors (Lipinski definition) is 0. The molecular weight excluding hydrogens is 248 g/mol. The third-order valence-electron chi connectivity index (χ3n) is 1.06. The Morgan fingerprint density at radius 3 is 2.78 bits per heavy atom. The zero-order chi connectivity index (χ0) is 6.85. The van der Waals surface area contributed by atoms with E-state index in [0.717, 1.165) is 8.72 Å². The van der Waals surface area contributed by atoms with Crippen molar-refractivity contribution in [3.8, 4) is 0 Å². The van der Waals surface area contributed by atoms with Crippen LogP contribution >= 0.6 is 34.2 Å². The highest BCUT2D eigenvalue weighted by Crippen LogP contribution is 2.10. The average molecular weight is 254 g/mol. The summed E-state index contributed by atoms with van der Waals surface area (Å²) in [5.74, 6) is 0. The second kappa shape index (κ2) is 2.84. The Morgan fingerprint density at radius 1 is 1.67 bits per heavy atom. The standard InChI is InChI=1S/C6H6ClIN/c1-9-4-2-3-5(8)6(9)7/h2-4H,1H3/q+1. The van der Waals surface area contributed by atoms with Crippen molar-refractivity contribution in [2.75, 3.05) is 0 Å². The van der Waals surface area contributed by atoms with Crippen LogP contribution in [0.15, 0.2) is 18.3 Å². The molecule has 0 aliphatic carbocycles. The lowest BCUT2D eigenvalue weighted by Gasteiger charge is -1.90. The number of pyridine rings is 1. The van der Waals surface area contributed by atoms with Gasteiger partial charge in [0.15, 0.2) is 6.20 Å². The van der Waals surface area contributed by atoms with E-state index < -0.39 is 0 Å². The minimum atomic E-state index is 0.790. The first-order valence-corrected chi connectivity index (χ1v) is 3.97. The van der Waals surface area contributed by atoms with Crippen LogP contribution in [0.2, 0.25) is 5.15 Å². The van der Waals surface area contributed by atoms with Crippen molar-refractivity contribution in [2.24, 2.45) is 7.05 Å². The Hall–Kier alpha value is 0.170. The summed E-state index contributed by atoms with van der Waals surface area (Å²) in [5.41, 5.74) is 0. The molecule has 0 aromatic carbocycles. The molecule has 0 atom stereocenters. The minimum absolute atomic E-state index is 0.790. The number of aromatic nitrogens is 1. The van der Waals surface area contributed by atoms with Crippen LogP contribution in [0.5, 0.6) is 0 Å². The van der Waals surface area contributed by atoms with Gasteiger partial charge in [-0.15, -0.1) is 0 Å². The highest BCUT2D eigenvalue weighted by molar-refractivity contribution is 14.1. The lowest BCUT2D eigenvalue weighted by Crippen LogP contribution is -2.29. The van der Waals surface area contributed by atoms with E-state index in [1.165, 1.54) is 0 Å². The summed E-state index contributed by atoms with van der Waals surface area (Å²) in [6, 6.07) is 3.94. The van der Waals surface area contributed by atoms with Gasteiger partial charge in [-0.2, -0.15) is 4.57 Å². The molecule has 0 saturated carbocycles. The van der Waals surface area contributed by atoms with Crippen molar-refractivity contribution in [3.63, 3.8) is 0 Å². The van der Waals surface area contributed by atoms with Gasteiger partial charge >= 0.3 is 0 Å². The van der Waals surface area contributed by atoms with Crippen molar-refractivity contribution < 1.29 is 4.57 Å². The van der Waals surface area contributed by atoms with Crippen molar-refractivity contribution in [1.29, 1.82) is 0 Å². The summed E-state index contributed by atoms with van der Waals surface area (Å²) in [6.07, 6.45) is 1.92. The molecule has 1 rings (SSSR count). The van der Waals surface area contributed by atoms with Crippen LogP contribution in [0.3, 0.4) is 0 Å². The summed E-state index contributed by atoms with van der Waals surface area (Å²) in [5, 5.41) is 0.790. The first kappa shape index (κ1) is 7.28. The van der Waals surface area contributed by atoms with E-state index >= 15 is 0 Å². The van der Waals surface area contributed by atoms with Crippen LogP contribution in [0, 0.1) is 3.57 Å². The Morgan fingerprint density at radius 2 is 2.33 bits per heavy atom. The SMILES string of the molecule is C[n+]1cccc(I)c1Cl. The molecule has 0 unspecified atom stereocenters. The molecule has 1 aromatic rings. The zero-order valence-corrected chi connectivity index (χ0v) is 7.85. The molecule has 1 nitrogen and oxygen atoms in total. The van der Waals surface area contributed by atoms with E-state index in [1.807, 2.05) is 29.9 Å². The predicted octanol–water partition coefficient (Wildman–Crippen LogP) is 1.77. The fourth-order valence-corrected chi connectivity index (χ4v) is 1.27. The summed E-state index contributed by atoms with van der Waals surface area (Å²) < 4.78 is 2.96. The maximum atomic E-state index is 5.83. The molecule has 1 aromatic heterocycles. The molecule has 0 bridgehead atoms. The van der Waals surface area contributed by atoms with Gasteiger partial charge < -0.3 is 0 Å². The van der Waals surface area contributed by atoms with Crippen molar-refractivity contribution in [2.45, 2.75) is 0 Å². The highest BCUT2D eigenvalue weighted by Gasteiger charge is 2.04. The maximum absolute atomic E-state index is 5.83. The van der Waals surface area contributed by atoms with Crippen molar-refractivity contribution in [3.05, 3.63) is 27.1 Å². The van der Waals surface area contributed by atoms with Gasteiger partial charge in [0.25, 0.3) is 5.15 Å². The lowest BCUT2D eigenvalue weighted by molar-refractivity contribution is -0.669. The molecule has 0 radical (unpaired) electrons. The average Bonchev–Trinajstić information content (AvgIpc) is 1.83. The second-order valence-electron chi connectivity index (χ2n) is 1.76. The fraction of sp³-hybridized carbons (Fsp3) is 0.167. The van der Waals surface area contributed by atoms with E-state index in [2.05, 4.69) is 22.6 Å². The second-order valence-corrected chi connectivity index (χ2v) is 3.28. The molecule has 0 aliphatic rings. The summed E-state index contributed by atoms with van der Waals surface area (Å²) >= 11 is 8.03. The Labute approximate surface area is 72.8 Å². The molecular formula is C6H6ClIN+. The van der Waals surface area contributed by atoms with Crippen LogP contribution in [-0.2, 0) is 7.05 Å². The molecule has 48 valence electrons. The maximum Gasteiger partial charge on any atom is 0.288 e. The smallest absolute Gasteiger partial charge is 0.191 e. The monoisotopic (exact) mass is 254 g/mol. The third-order valence-corrected chi connectivity index (χ3v) is 2.72. The van der Waals surface area contributed by atoms with Gasteiger partial charge in [-0.3, -0.25) is 0 Å². The molecule has 0 fully saturated rings. The van der Waals surface area contributed by atoms with Gasteiger partial charge in [0.1, 0.15) is 7.05 Å². The van der Waals surface area contributed by atoms with Crippen LogP contribution in [0.1, 0.15) is 0 Å². The highest BCUT2D eigenvalue weighted by atomic mass is 127. The minimum Gasteiger partial charge on any atom is -0.191 e. The topological polar surface area (TPSA) is 3.88 Å². The molecule has 0 N–H and O–H groups in total. The van der Waals surface area contributed by atoms with Gasteiger partial charge in [0.05, 0.1) is 3.57 Å². The van der Waals surface area contributed by atoms with E-state index in [4.69, 9.17) is 11.6 Å². The first-order chi connectivity index (χ1) is 4.22. The van der Waals surface area contributed by atoms with Crippen molar-refractivity contribution >= 4 is 34.2 Å². The number of nitrogens with zero attached hydrogens (tertiary/aromatic N) is 1. The Kier molecular flexibility index (Phi) is 2.29. The molecule has 0 saturated heterocycles. The van der Waals surface area contributed by atoms with Gasteiger partial charge in [0.2, 0.25) is 0 Å². The molecule has 0 spiro atoms.